The molecule has 1 saturated heterocycles. The number of halogens is 2. The van der Waals surface area contributed by atoms with Gasteiger partial charge in [0.1, 0.15) is 0 Å². The van der Waals surface area contributed by atoms with Crippen molar-refractivity contribution in [2.45, 2.75) is 38.6 Å². The Kier molecular flexibility index (Phi) is 10.4. The second-order valence-electron chi connectivity index (χ2n) is 7.58. The van der Waals surface area contributed by atoms with Crippen LogP contribution >= 0.6 is 24.8 Å². The normalized spacial score (nSPS) is 23.2. The maximum absolute atomic E-state index is 10.7. The van der Waals surface area contributed by atoms with Gasteiger partial charge >= 0.3 is 5.97 Å². The Morgan fingerprint density at radius 2 is 1.89 bits per heavy atom. The van der Waals surface area contributed by atoms with E-state index in [0.29, 0.717) is 18.5 Å². The molecule has 1 aromatic carbocycles. The van der Waals surface area contributed by atoms with Crippen LogP contribution in [0.25, 0.3) is 6.08 Å². The van der Waals surface area contributed by atoms with Gasteiger partial charge in [-0.05, 0) is 63.2 Å². The van der Waals surface area contributed by atoms with Crippen LogP contribution in [0.1, 0.15) is 38.2 Å². The largest absolute Gasteiger partial charge is 0.481 e. The molecule has 0 amide bonds. The van der Waals surface area contributed by atoms with Gasteiger partial charge in [0.05, 0.1) is 6.42 Å². The topological polar surface area (TPSA) is 52.6 Å². The summed E-state index contributed by atoms with van der Waals surface area (Å²) in [6.07, 6.45) is 6.20. The minimum Gasteiger partial charge on any atom is -0.481 e. The van der Waals surface area contributed by atoms with Gasteiger partial charge in [0, 0.05) is 12.6 Å². The summed E-state index contributed by atoms with van der Waals surface area (Å²) in [5, 5.41) is 12.5. The lowest BCUT2D eigenvalue weighted by atomic mass is 9.96. The van der Waals surface area contributed by atoms with Crippen molar-refractivity contribution in [1.82, 2.24) is 10.2 Å². The van der Waals surface area contributed by atoms with Crippen molar-refractivity contribution in [3.8, 4) is 0 Å². The molecule has 2 N–H and O–H groups in total. The molecule has 27 heavy (non-hydrogen) atoms. The summed E-state index contributed by atoms with van der Waals surface area (Å²) in [5.41, 5.74) is 2.77. The minimum absolute atomic E-state index is 0. The van der Waals surface area contributed by atoms with Gasteiger partial charge in [-0.1, -0.05) is 42.0 Å². The molecule has 4 nitrogen and oxygen atoms in total. The van der Waals surface area contributed by atoms with Crippen molar-refractivity contribution >= 4 is 36.9 Å². The van der Waals surface area contributed by atoms with E-state index >= 15 is 0 Å². The summed E-state index contributed by atoms with van der Waals surface area (Å²) in [6, 6.07) is 11.2. The SMILES string of the molecule is C/C(=C\c1ccccc1)[C@@H]1C[C@H]1NCC1CCN(CCC(=O)O)CC1.Cl.Cl. The zero-order valence-electron chi connectivity index (χ0n) is 16.0. The van der Waals surface area contributed by atoms with E-state index in [1.54, 1.807) is 0 Å². The third kappa shape index (κ3) is 7.82. The number of likely N-dealkylation sites (tertiary alicyclic amines) is 1. The van der Waals surface area contributed by atoms with Crippen molar-refractivity contribution in [1.29, 1.82) is 0 Å². The van der Waals surface area contributed by atoms with Crippen LogP contribution in [0.15, 0.2) is 35.9 Å². The van der Waals surface area contributed by atoms with Gasteiger partial charge in [-0.2, -0.15) is 0 Å². The average molecular weight is 415 g/mol. The molecule has 2 fully saturated rings. The highest BCUT2D eigenvalue weighted by Gasteiger charge is 2.38. The van der Waals surface area contributed by atoms with Crippen LogP contribution in [-0.4, -0.2) is 48.2 Å². The molecule has 0 aromatic heterocycles. The van der Waals surface area contributed by atoms with Crippen LogP contribution in [0.3, 0.4) is 0 Å². The van der Waals surface area contributed by atoms with E-state index < -0.39 is 5.97 Å². The van der Waals surface area contributed by atoms with Gasteiger partial charge in [0.2, 0.25) is 0 Å². The monoisotopic (exact) mass is 414 g/mol. The lowest BCUT2D eigenvalue weighted by Crippen LogP contribution is -2.38. The fourth-order valence-electron chi connectivity index (χ4n) is 3.83. The van der Waals surface area contributed by atoms with E-state index in [4.69, 9.17) is 5.11 Å². The van der Waals surface area contributed by atoms with E-state index in [9.17, 15) is 4.79 Å². The third-order valence-corrected chi connectivity index (χ3v) is 5.59. The van der Waals surface area contributed by atoms with Crippen LogP contribution < -0.4 is 5.32 Å². The molecule has 152 valence electrons. The summed E-state index contributed by atoms with van der Waals surface area (Å²) in [5.74, 6) is 0.735. The quantitative estimate of drug-likeness (QED) is 0.671. The first-order valence-electron chi connectivity index (χ1n) is 9.52. The zero-order valence-corrected chi connectivity index (χ0v) is 17.6. The maximum Gasteiger partial charge on any atom is 0.304 e. The number of carboxylic acids is 1. The standard InChI is InChI=1S/C21H30N2O2.2ClH/c1-16(13-17-5-3-2-4-6-17)19-14-20(19)22-15-18-7-10-23(11-8-18)12-9-21(24)25;;/h2-6,13,18-20,22H,7-12,14-15H2,1H3,(H,24,25);2*1H/b16-13+;;/t19-,20+;;/m0../s1. The number of benzene rings is 1. The minimum atomic E-state index is -0.692. The molecule has 1 aliphatic heterocycles. The smallest absolute Gasteiger partial charge is 0.304 e. The van der Waals surface area contributed by atoms with Crippen molar-refractivity contribution in [3.63, 3.8) is 0 Å². The summed E-state index contributed by atoms with van der Waals surface area (Å²) in [4.78, 5) is 12.9. The molecule has 1 saturated carbocycles. The molecular weight excluding hydrogens is 383 g/mol. The second kappa shape index (κ2) is 11.7. The van der Waals surface area contributed by atoms with E-state index in [2.05, 4.69) is 53.5 Å². The summed E-state index contributed by atoms with van der Waals surface area (Å²) >= 11 is 0. The zero-order chi connectivity index (χ0) is 17.6. The summed E-state index contributed by atoms with van der Waals surface area (Å²) < 4.78 is 0. The summed E-state index contributed by atoms with van der Waals surface area (Å²) in [6.45, 7) is 6.14. The molecule has 6 heteroatoms. The number of rotatable bonds is 8. The fraction of sp³-hybridized carbons (Fsp3) is 0.571. The Morgan fingerprint density at radius 1 is 1.22 bits per heavy atom. The molecule has 3 rings (SSSR count). The first kappa shape index (κ1) is 24.0. The molecular formula is C21H32Cl2N2O2. The van der Waals surface area contributed by atoms with Crippen LogP contribution in [0.4, 0.5) is 0 Å². The first-order chi connectivity index (χ1) is 12.1. The van der Waals surface area contributed by atoms with Gasteiger partial charge in [-0.3, -0.25) is 4.79 Å². The molecule has 0 bridgehead atoms. The molecule has 1 aromatic rings. The number of hydrogen-bond acceptors (Lipinski definition) is 3. The number of carbonyl (C=O) groups is 1. The summed E-state index contributed by atoms with van der Waals surface area (Å²) in [7, 11) is 0. The Bertz CT molecular complexity index is 601. The number of piperidine rings is 1. The average Bonchev–Trinajstić information content (AvgIpc) is 3.40. The molecule has 0 spiro atoms. The molecule has 1 aliphatic carbocycles. The van der Waals surface area contributed by atoms with Crippen molar-refractivity contribution in [2.75, 3.05) is 26.2 Å². The first-order valence-corrected chi connectivity index (χ1v) is 9.52. The van der Waals surface area contributed by atoms with Gasteiger partial charge in [0.15, 0.2) is 0 Å². The van der Waals surface area contributed by atoms with Crippen molar-refractivity contribution < 1.29 is 9.90 Å². The maximum atomic E-state index is 10.7. The Labute approximate surface area is 175 Å². The van der Waals surface area contributed by atoms with E-state index in [1.165, 1.54) is 30.4 Å². The van der Waals surface area contributed by atoms with Crippen LogP contribution in [0.5, 0.6) is 0 Å². The number of aliphatic carboxylic acids is 1. The van der Waals surface area contributed by atoms with Gasteiger partial charge < -0.3 is 15.3 Å². The van der Waals surface area contributed by atoms with Gasteiger partial charge in [0.25, 0.3) is 0 Å². The Balaban J connectivity index is 0.00000182. The molecule has 0 unspecified atom stereocenters. The van der Waals surface area contributed by atoms with Crippen molar-refractivity contribution in [2.24, 2.45) is 11.8 Å². The van der Waals surface area contributed by atoms with Crippen molar-refractivity contribution in [3.05, 3.63) is 41.5 Å². The van der Waals surface area contributed by atoms with Gasteiger partial charge in [-0.25, -0.2) is 0 Å². The van der Waals surface area contributed by atoms with Crippen LogP contribution in [0, 0.1) is 11.8 Å². The molecule has 2 atom stereocenters. The molecule has 1 heterocycles. The highest BCUT2D eigenvalue weighted by molar-refractivity contribution is 5.85. The van der Waals surface area contributed by atoms with E-state index in [1.807, 2.05) is 0 Å². The highest BCUT2D eigenvalue weighted by atomic mass is 35.5. The van der Waals surface area contributed by atoms with E-state index in [-0.39, 0.29) is 31.2 Å². The van der Waals surface area contributed by atoms with Crippen LogP contribution in [0.2, 0.25) is 0 Å². The fourth-order valence-corrected chi connectivity index (χ4v) is 3.83. The lowest BCUT2D eigenvalue weighted by Gasteiger charge is -2.31. The van der Waals surface area contributed by atoms with E-state index in [0.717, 1.165) is 25.6 Å². The number of nitrogens with one attached hydrogen (secondary N) is 1. The molecule has 2 aliphatic rings. The number of hydrogen-bond donors (Lipinski definition) is 2. The highest BCUT2D eigenvalue weighted by Crippen LogP contribution is 2.38. The van der Waals surface area contributed by atoms with Gasteiger partial charge in [-0.15, -0.1) is 24.8 Å². The Morgan fingerprint density at radius 3 is 2.52 bits per heavy atom. The lowest BCUT2D eigenvalue weighted by molar-refractivity contribution is -0.137. The predicted octanol–water partition coefficient (Wildman–Crippen LogP) is 4.10. The number of nitrogens with zero attached hydrogens (tertiary/aromatic N) is 1. The van der Waals surface area contributed by atoms with Crippen LogP contribution in [-0.2, 0) is 4.79 Å². The predicted molar refractivity (Wildman–Crippen MR) is 116 cm³/mol. The molecule has 0 radical (unpaired) electrons. The number of carboxylic acid groups (broad SMARTS) is 1. The second-order valence-corrected chi connectivity index (χ2v) is 7.58. The third-order valence-electron chi connectivity index (χ3n) is 5.59. The Hall–Kier alpha value is -1.07.